The molecule has 0 amide bonds. The number of hydrogen-bond acceptors (Lipinski definition) is 2. The largest absolute Gasteiger partial charge is 0.426 e. The molecule has 1 aliphatic rings. The van der Waals surface area contributed by atoms with Crippen LogP contribution in [0.25, 0.3) is 0 Å². The van der Waals surface area contributed by atoms with Crippen molar-refractivity contribution in [3.05, 3.63) is 28.7 Å². The third-order valence-electron chi connectivity index (χ3n) is 2.44. The van der Waals surface area contributed by atoms with Gasteiger partial charge in [0, 0.05) is 4.47 Å². The Morgan fingerprint density at radius 2 is 2.00 bits per heavy atom. The minimum Gasteiger partial charge on any atom is -0.426 e. The van der Waals surface area contributed by atoms with E-state index in [-0.39, 0.29) is 11.9 Å². The Morgan fingerprint density at radius 3 is 2.50 bits per heavy atom. The second-order valence-electron chi connectivity index (χ2n) is 3.69. The maximum Gasteiger partial charge on any atom is 0.314 e. The van der Waals surface area contributed by atoms with E-state index in [2.05, 4.69) is 22.9 Å². The summed E-state index contributed by atoms with van der Waals surface area (Å²) >= 11 is 3.32. The molecule has 1 aliphatic carbocycles. The molecule has 0 saturated heterocycles. The van der Waals surface area contributed by atoms with Gasteiger partial charge in [-0.3, -0.25) is 4.79 Å². The average Bonchev–Trinajstić information content (AvgIpc) is 2.87. The molecule has 0 radical (unpaired) electrons. The lowest BCUT2D eigenvalue weighted by Gasteiger charge is -2.02. The number of carbonyl (C=O) groups excluding carboxylic acids is 1. The predicted molar refractivity (Wildman–Crippen MR) is 57.0 cm³/mol. The summed E-state index contributed by atoms with van der Waals surface area (Å²) in [6.45, 7) is 2.06. The van der Waals surface area contributed by atoms with Crippen molar-refractivity contribution in [2.75, 3.05) is 0 Å². The van der Waals surface area contributed by atoms with Gasteiger partial charge < -0.3 is 4.74 Å². The summed E-state index contributed by atoms with van der Waals surface area (Å²) in [7, 11) is 0. The number of carbonyl (C=O) groups is 1. The quantitative estimate of drug-likeness (QED) is 0.599. The van der Waals surface area contributed by atoms with Crippen LogP contribution in [0.1, 0.15) is 13.3 Å². The van der Waals surface area contributed by atoms with Crippen LogP contribution in [0.4, 0.5) is 0 Å². The van der Waals surface area contributed by atoms with Gasteiger partial charge in [0.05, 0.1) is 5.92 Å². The molecule has 2 rings (SSSR count). The Morgan fingerprint density at radius 1 is 1.43 bits per heavy atom. The Hall–Kier alpha value is -0.830. The Bertz CT molecular complexity index is 345. The molecule has 0 N–H and O–H groups in total. The molecule has 1 fully saturated rings. The zero-order chi connectivity index (χ0) is 10.1. The van der Waals surface area contributed by atoms with Gasteiger partial charge in [0.15, 0.2) is 0 Å². The van der Waals surface area contributed by atoms with E-state index in [9.17, 15) is 4.79 Å². The Labute approximate surface area is 91.4 Å². The highest BCUT2D eigenvalue weighted by Gasteiger charge is 2.40. The SMILES string of the molecule is CC1CC1C(=O)Oc1ccc(Br)cc1. The molecule has 0 aromatic heterocycles. The van der Waals surface area contributed by atoms with Crippen molar-refractivity contribution < 1.29 is 9.53 Å². The van der Waals surface area contributed by atoms with E-state index in [0.29, 0.717) is 11.7 Å². The lowest BCUT2D eigenvalue weighted by molar-refractivity contribution is -0.136. The molecule has 2 unspecified atom stereocenters. The van der Waals surface area contributed by atoms with Crippen LogP contribution in [0.15, 0.2) is 28.7 Å². The minimum absolute atomic E-state index is 0.0974. The topological polar surface area (TPSA) is 26.3 Å². The third-order valence-corrected chi connectivity index (χ3v) is 2.97. The van der Waals surface area contributed by atoms with Gasteiger partial charge in [-0.1, -0.05) is 22.9 Å². The van der Waals surface area contributed by atoms with Crippen molar-refractivity contribution >= 4 is 21.9 Å². The molecule has 0 aliphatic heterocycles. The van der Waals surface area contributed by atoms with Gasteiger partial charge in [0.25, 0.3) is 0 Å². The van der Waals surface area contributed by atoms with Crippen LogP contribution in [-0.4, -0.2) is 5.97 Å². The van der Waals surface area contributed by atoms with E-state index < -0.39 is 0 Å². The summed E-state index contributed by atoms with van der Waals surface area (Å²) in [4.78, 5) is 11.4. The van der Waals surface area contributed by atoms with Crippen LogP contribution < -0.4 is 4.74 Å². The summed E-state index contributed by atoms with van der Waals surface area (Å²) in [5, 5.41) is 0. The highest BCUT2D eigenvalue weighted by atomic mass is 79.9. The molecular weight excluding hydrogens is 244 g/mol. The van der Waals surface area contributed by atoms with E-state index in [1.165, 1.54) is 0 Å². The maximum absolute atomic E-state index is 11.4. The first-order chi connectivity index (χ1) is 6.66. The Balaban J connectivity index is 1.97. The van der Waals surface area contributed by atoms with Crippen molar-refractivity contribution in [1.29, 1.82) is 0 Å². The predicted octanol–water partition coefficient (Wildman–Crippen LogP) is 3.01. The molecule has 74 valence electrons. The fraction of sp³-hybridized carbons (Fsp3) is 0.364. The molecule has 0 bridgehead atoms. The van der Waals surface area contributed by atoms with Crippen molar-refractivity contribution in [3.63, 3.8) is 0 Å². The van der Waals surface area contributed by atoms with Crippen LogP contribution in [0, 0.1) is 11.8 Å². The maximum atomic E-state index is 11.4. The van der Waals surface area contributed by atoms with E-state index in [0.717, 1.165) is 10.9 Å². The summed E-state index contributed by atoms with van der Waals surface area (Å²) in [6.07, 6.45) is 0.968. The van der Waals surface area contributed by atoms with Crippen LogP contribution in [0.2, 0.25) is 0 Å². The molecule has 14 heavy (non-hydrogen) atoms. The minimum atomic E-state index is -0.0974. The van der Waals surface area contributed by atoms with Gasteiger partial charge in [-0.25, -0.2) is 0 Å². The first-order valence-electron chi connectivity index (χ1n) is 4.64. The number of ether oxygens (including phenoxy) is 1. The number of hydrogen-bond donors (Lipinski definition) is 0. The highest BCUT2D eigenvalue weighted by Crippen LogP contribution is 2.38. The molecule has 2 atom stereocenters. The van der Waals surface area contributed by atoms with E-state index >= 15 is 0 Å². The van der Waals surface area contributed by atoms with Crippen molar-refractivity contribution in [2.45, 2.75) is 13.3 Å². The second kappa shape index (κ2) is 3.73. The summed E-state index contributed by atoms with van der Waals surface area (Å²) in [5.41, 5.74) is 0. The number of rotatable bonds is 2. The smallest absolute Gasteiger partial charge is 0.314 e. The average molecular weight is 255 g/mol. The van der Waals surface area contributed by atoms with Gasteiger partial charge in [0.1, 0.15) is 5.75 Å². The van der Waals surface area contributed by atoms with Crippen molar-refractivity contribution in [3.8, 4) is 5.75 Å². The van der Waals surface area contributed by atoms with Crippen LogP contribution in [0.5, 0.6) is 5.75 Å². The molecule has 1 aromatic carbocycles. The number of esters is 1. The third kappa shape index (κ3) is 2.15. The van der Waals surface area contributed by atoms with Gasteiger partial charge in [-0.15, -0.1) is 0 Å². The first kappa shape index (κ1) is 9.71. The Kier molecular flexibility index (Phi) is 2.59. The summed E-state index contributed by atoms with van der Waals surface area (Å²) in [6, 6.07) is 7.29. The fourth-order valence-corrected chi connectivity index (χ4v) is 1.61. The molecule has 0 spiro atoms. The van der Waals surface area contributed by atoms with Crippen LogP contribution >= 0.6 is 15.9 Å². The number of benzene rings is 1. The van der Waals surface area contributed by atoms with Gasteiger partial charge in [-0.2, -0.15) is 0 Å². The van der Waals surface area contributed by atoms with Gasteiger partial charge in [0.2, 0.25) is 0 Å². The second-order valence-corrected chi connectivity index (χ2v) is 4.61. The molecule has 2 nitrogen and oxygen atoms in total. The van der Waals surface area contributed by atoms with Crippen LogP contribution in [0.3, 0.4) is 0 Å². The molecular formula is C11H11BrO2. The lowest BCUT2D eigenvalue weighted by Crippen LogP contribution is -2.10. The molecule has 0 heterocycles. The van der Waals surface area contributed by atoms with Crippen LogP contribution in [-0.2, 0) is 4.79 Å². The van der Waals surface area contributed by atoms with E-state index in [1.807, 2.05) is 12.1 Å². The summed E-state index contributed by atoms with van der Waals surface area (Å²) < 4.78 is 6.19. The van der Waals surface area contributed by atoms with Gasteiger partial charge >= 0.3 is 5.97 Å². The van der Waals surface area contributed by atoms with Crippen molar-refractivity contribution in [2.24, 2.45) is 11.8 Å². The zero-order valence-corrected chi connectivity index (χ0v) is 9.45. The van der Waals surface area contributed by atoms with E-state index in [1.54, 1.807) is 12.1 Å². The van der Waals surface area contributed by atoms with Crippen molar-refractivity contribution in [1.82, 2.24) is 0 Å². The number of halogens is 1. The normalized spacial score (nSPS) is 24.4. The fourth-order valence-electron chi connectivity index (χ4n) is 1.34. The van der Waals surface area contributed by atoms with Gasteiger partial charge in [-0.05, 0) is 36.6 Å². The highest BCUT2D eigenvalue weighted by molar-refractivity contribution is 9.10. The summed E-state index contributed by atoms with van der Waals surface area (Å²) in [5.74, 6) is 1.15. The molecule has 1 aromatic rings. The monoisotopic (exact) mass is 254 g/mol. The lowest BCUT2D eigenvalue weighted by atomic mass is 10.3. The zero-order valence-electron chi connectivity index (χ0n) is 7.87. The van der Waals surface area contributed by atoms with E-state index in [4.69, 9.17) is 4.74 Å². The first-order valence-corrected chi connectivity index (χ1v) is 5.43. The molecule has 1 saturated carbocycles. The standard InChI is InChI=1S/C11H11BrO2/c1-7-6-10(7)11(13)14-9-4-2-8(12)3-5-9/h2-5,7,10H,6H2,1H3. The molecule has 3 heteroatoms.